The van der Waals surface area contributed by atoms with E-state index in [4.69, 9.17) is 4.55 Å². The lowest BCUT2D eigenvalue weighted by Crippen LogP contribution is -2.51. The summed E-state index contributed by atoms with van der Waals surface area (Å²) in [7, 11) is 1.69. The molecule has 0 radical (unpaired) electrons. The fourth-order valence-electron chi connectivity index (χ4n) is 3.28. The highest BCUT2D eigenvalue weighted by Crippen LogP contribution is 2.25. The van der Waals surface area contributed by atoms with Crippen LogP contribution in [0.4, 0.5) is 24.5 Å². The first-order valence-corrected chi connectivity index (χ1v) is 10.5. The molecule has 1 amide bonds. The number of nitrogens with zero attached hydrogens (tertiary/aromatic N) is 3. The summed E-state index contributed by atoms with van der Waals surface area (Å²) in [5.74, 6) is -0.394. The molecule has 2 aromatic carbocycles. The van der Waals surface area contributed by atoms with Crippen molar-refractivity contribution < 1.29 is 31.5 Å². The minimum absolute atomic E-state index is 0.0798. The average Bonchev–Trinajstić information content (AvgIpc) is 2.73. The van der Waals surface area contributed by atoms with Crippen molar-refractivity contribution in [2.24, 2.45) is 0 Å². The number of anilines is 2. The molecule has 31 heavy (non-hydrogen) atoms. The molecule has 1 N–H and O–H groups in total. The first kappa shape index (κ1) is 22.9. The maximum Gasteiger partial charge on any atom is 0.573 e. The zero-order valence-electron chi connectivity index (χ0n) is 16.7. The first-order chi connectivity index (χ1) is 14.6. The van der Waals surface area contributed by atoms with Gasteiger partial charge in [-0.1, -0.05) is 0 Å². The molecule has 1 unspecified atom stereocenters. The smallest absolute Gasteiger partial charge is 0.406 e. The third-order valence-corrected chi connectivity index (χ3v) is 5.59. The SMILES string of the molecule is CN(CC(=O)N1CCN(c2ccc(S(=O)O)cc2)CC1)c1ccc(OC(F)(F)F)cc1. The number of ether oxygens (including phenoxy) is 1. The Morgan fingerprint density at radius 1 is 1.06 bits per heavy atom. The number of halogens is 3. The number of amides is 1. The topological polar surface area (TPSA) is 73.3 Å². The van der Waals surface area contributed by atoms with Gasteiger partial charge >= 0.3 is 6.36 Å². The number of rotatable bonds is 6. The normalized spacial score (nSPS) is 15.5. The van der Waals surface area contributed by atoms with Crippen molar-refractivity contribution in [3.63, 3.8) is 0 Å². The van der Waals surface area contributed by atoms with E-state index in [-0.39, 0.29) is 18.2 Å². The van der Waals surface area contributed by atoms with E-state index in [1.165, 1.54) is 24.3 Å². The highest BCUT2D eigenvalue weighted by atomic mass is 32.2. The van der Waals surface area contributed by atoms with Gasteiger partial charge < -0.3 is 24.0 Å². The van der Waals surface area contributed by atoms with E-state index in [2.05, 4.69) is 9.64 Å². The van der Waals surface area contributed by atoms with Crippen LogP contribution < -0.4 is 14.5 Å². The predicted molar refractivity (Wildman–Crippen MR) is 111 cm³/mol. The van der Waals surface area contributed by atoms with Crippen LogP contribution in [0.15, 0.2) is 53.4 Å². The van der Waals surface area contributed by atoms with Gasteiger partial charge in [0, 0.05) is 44.6 Å². The second-order valence-electron chi connectivity index (χ2n) is 7.01. The first-order valence-electron chi connectivity index (χ1n) is 9.43. The molecule has 3 rings (SSSR count). The number of benzene rings is 2. The Hall–Kier alpha value is -2.79. The molecule has 168 valence electrons. The summed E-state index contributed by atoms with van der Waals surface area (Å²) in [4.78, 5) is 18.5. The standard InChI is InChI=1S/C20H22F3N3O4S/c1-24(15-2-6-17(7-3-15)30-20(21,22)23)14-19(27)26-12-10-25(11-13-26)16-4-8-18(9-5-16)31(28)29/h2-9H,10-14H2,1H3,(H,28,29). The van der Waals surface area contributed by atoms with Gasteiger partial charge in [-0.05, 0) is 48.5 Å². The molecule has 0 saturated carbocycles. The average molecular weight is 457 g/mol. The summed E-state index contributed by atoms with van der Waals surface area (Å²) in [5, 5.41) is 0. The zero-order chi connectivity index (χ0) is 22.6. The van der Waals surface area contributed by atoms with Crippen molar-refractivity contribution in [2.75, 3.05) is 49.6 Å². The minimum atomic E-state index is -4.74. The number of carbonyl (C=O) groups excluding carboxylic acids is 1. The molecule has 1 fully saturated rings. The summed E-state index contributed by atoms with van der Waals surface area (Å²) in [6.45, 7) is 2.40. The van der Waals surface area contributed by atoms with Crippen molar-refractivity contribution in [1.82, 2.24) is 4.90 Å². The Kier molecular flexibility index (Phi) is 7.06. The van der Waals surface area contributed by atoms with E-state index in [0.29, 0.717) is 36.8 Å². The van der Waals surface area contributed by atoms with Crippen LogP contribution in [0.3, 0.4) is 0 Å². The van der Waals surface area contributed by atoms with E-state index in [0.717, 1.165) is 5.69 Å². The number of hydrogen-bond donors (Lipinski definition) is 1. The largest absolute Gasteiger partial charge is 0.573 e. The molecule has 1 heterocycles. The highest BCUT2D eigenvalue weighted by molar-refractivity contribution is 7.79. The quantitative estimate of drug-likeness (QED) is 0.673. The van der Waals surface area contributed by atoms with Crippen LogP contribution in [0.1, 0.15) is 0 Å². The van der Waals surface area contributed by atoms with Gasteiger partial charge in [-0.2, -0.15) is 0 Å². The molecule has 0 aromatic heterocycles. The molecular formula is C20H22F3N3O4S. The number of hydrogen-bond acceptors (Lipinski definition) is 5. The van der Waals surface area contributed by atoms with Gasteiger partial charge in [-0.15, -0.1) is 13.2 Å². The van der Waals surface area contributed by atoms with Crippen molar-refractivity contribution >= 4 is 28.4 Å². The minimum Gasteiger partial charge on any atom is -0.406 e. The molecule has 11 heteroatoms. The van der Waals surface area contributed by atoms with Gasteiger partial charge in [-0.3, -0.25) is 4.79 Å². The van der Waals surface area contributed by atoms with Gasteiger partial charge in [-0.25, -0.2) is 4.21 Å². The summed E-state index contributed by atoms with van der Waals surface area (Å²) < 4.78 is 60.8. The lowest BCUT2D eigenvalue weighted by molar-refractivity contribution is -0.274. The molecule has 1 aliphatic heterocycles. The van der Waals surface area contributed by atoms with Crippen LogP contribution in [0.5, 0.6) is 5.75 Å². The van der Waals surface area contributed by atoms with Crippen molar-refractivity contribution in [3.8, 4) is 5.75 Å². The molecule has 0 aliphatic carbocycles. The van der Waals surface area contributed by atoms with Crippen LogP contribution >= 0.6 is 0 Å². The molecule has 2 aromatic rings. The number of likely N-dealkylation sites (N-methyl/N-ethyl adjacent to an activating group) is 1. The summed E-state index contributed by atoms with van der Waals surface area (Å²) >= 11 is -2.01. The fraction of sp³-hybridized carbons (Fsp3) is 0.350. The third kappa shape index (κ3) is 6.34. The Balaban J connectivity index is 1.50. The Morgan fingerprint density at radius 2 is 1.65 bits per heavy atom. The van der Waals surface area contributed by atoms with Gasteiger partial charge in [0.2, 0.25) is 5.91 Å². The molecule has 7 nitrogen and oxygen atoms in total. The van der Waals surface area contributed by atoms with Crippen molar-refractivity contribution in [1.29, 1.82) is 0 Å². The predicted octanol–water partition coefficient (Wildman–Crippen LogP) is 2.95. The van der Waals surface area contributed by atoms with E-state index < -0.39 is 17.4 Å². The maximum atomic E-state index is 12.6. The lowest BCUT2D eigenvalue weighted by atomic mass is 10.2. The van der Waals surface area contributed by atoms with Crippen molar-refractivity contribution in [3.05, 3.63) is 48.5 Å². The maximum absolute atomic E-state index is 12.6. The zero-order valence-corrected chi connectivity index (χ0v) is 17.5. The second kappa shape index (κ2) is 9.56. The molecule has 1 atom stereocenters. The van der Waals surface area contributed by atoms with Crippen LogP contribution in [0.2, 0.25) is 0 Å². The van der Waals surface area contributed by atoms with Crippen LogP contribution in [0, 0.1) is 0 Å². The summed E-state index contributed by atoms with van der Waals surface area (Å²) in [6, 6.07) is 12.1. The van der Waals surface area contributed by atoms with Crippen LogP contribution in [-0.4, -0.2) is 65.7 Å². The summed E-state index contributed by atoms with van der Waals surface area (Å²) in [6.07, 6.45) is -4.74. The molecule has 1 aliphatic rings. The molecule has 1 saturated heterocycles. The van der Waals surface area contributed by atoms with Gasteiger partial charge in [0.1, 0.15) is 5.75 Å². The second-order valence-corrected chi connectivity index (χ2v) is 7.98. The fourth-order valence-corrected chi connectivity index (χ4v) is 3.65. The van der Waals surface area contributed by atoms with Gasteiger partial charge in [0.25, 0.3) is 0 Å². The van der Waals surface area contributed by atoms with E-state index in [9.17, 15) is 22.2 Å². The van der Waals surface area contributed by atoms with Gasteiger partial charge in [0.05, 0.1) is 11.4 Å². The number of alkyl halides is 3. The number of carbonyl (C=O) groups is 1. The molecular weight excluding hydrogens is 435 g/mol. The summed E-state index contributed by atoms with van der Waals surface area (Å²) in [5.41, 5.74) is 1.52. The van der Waals surface area contributed by atoms with Crippen LogP contribution in [-0.2, 0) is 15.9 Å². The van der Waals surface area contributed by atoms with E-state index in [1.807, 2.05) is 0 Å². The van der Waals surface area contributed by atoms with E-state index >= 15 is 0 Å². The molecule has 0 bridgehead atoms. The Morgan fingerprint density at radius 3 is 2.16 bits per heavy atom. The Bertz CT molecular complexity index is 915. The monoisotopic (exact) mass is 457 g/mol. The van der Waals surface area contributed by atoms with Crippen LogP contribution in [0.25, 0.3) is 0 Å². The molecule has 0 spiro atoms. The van der Waals surface area contributed by atoms with E-state index in [1.54, 1.807) is 41.1 Å². The van der Waals surface area contributed by atoms with Gasteiger partial charge in [0.15, 0.2) is 11.1 Å². The Labute approximate surface area is 180 Å². The van der Waals surface area contributed by atoms with Crippen molar-refractivity contribution in [2.45, 2.75) is 11.3 Å². The highest BCUT2D eigenvalue weighted by Gasteiger charge is 2.31. The lowest BCUT2D eigenvalue weighted by Gasteiger charge is -2.37. The third-order valence-electron chi connectivity index (χ3n) is 4.92. The number of piperazine rings is 1.